The molecule has 1 aromatic rings. The molecule has 1 saturated carbocycles. The van der Waals surface area contributed by atoms with Crippen molar-refractivity contribution in [1.29, 1.82) is 0 Å². The van der Waals surface area contributed by atoms with Gasteiger partial charge in [-0.25, -0.2) is 0 Å². The Hall–Kier alpha value is -1.96. The van der Waals surface area contributed by atoms with Crippen LogP contribution in [0.3, 0.4) is 0 Å². The first-order valence-electron chi connectivity index (χ1n) is 14.1. The summed E-state index contributed by atoms with van der Waals surface area (Å²) >= 11 is 0. The lowest BCUT2D eigenvalue weighted by atomic mass is 9.81. The highest BCUT2D eigenvalue weighted by atomic mass is 16.5. The first-order chi connectivity index (χ1) is 17.4. The number of carbonyl (C=O) groups excluding carboxylic acids is 2. The van der Waals surface area contributed by atoms with Crippen molar-refractivity contribution in [2.75, 3.05) is 32.8 Å². The predicted molar refractivity (Wildman–Crippen MR) is 142 cm³/mol. The van der Waals surface area contributed by atoms with E-state index in [1.165, 1.54) is 24.0 Å². The number of ether oxygens (including phenoxy) is 1. The van der Waals surface area contributed by atoms with Crippen LogP contribution in [-0.4, -0.2) is 72.6 Å². The zero-order valence-corrected chi connectivity index (χ0v) is 22.3. The van der Waals surface area contributed by atoms with E-state index >= 15 is 0 Å². The Morgan fingerprint density at radius 3 is 2.64 bits per heavy atom. The molecule has 36 heavy (non-hydrogen) atoms. The van der Waals surface area contributed by atoms with Gasteiger partial charge in [0.2, 0.25) is 11.8 Å². The van der Waals surface area contributed by atoms with Crippen LogP contribution in [0.2, 0.25) is 0 Å². The maximum absolute atomic E-state index is 13.5. The number of carbonyl (C=O) groups is 2. The topological polar surface area (TPSA) is 87.9 Å². The van der Waals surface area contributed by atoms with Gasteiger partial charge in [0.05, 0.1) is 6.10 Å². The smallest absolute Gasteiger partial charge is 0.242 e. The summed E-state index contributed by atoms with van der Waals surface area (Å²) in [6, 6.07) is 8.36. The zero-order valence-electron chi connectivity index (χ0n) is 22.3. The summed E-state index contributed by atoms with van der Waals surface area (Å²) in [5.74, 6) is 1.04. The van der Waals surface area contributed by atoms with Crippen LogP contribution < -0.4 is 11.1 Å². The standard InChI is InChI=1S/C29H46N4O3/c1-21-7-3-4-10-25(21)19-32(20-27-11-6-14-36-27)26-12-13-33(22(2)34)28(16-26)29(35)31-18-24-9-5-8-23(15-24)17-30/h3-4,7,10,23-24,26-28H,5-6,8-9,11-20,30H2,1-2H3,(H,31,35)/t23?,24?,26?,27?,28-/m1/s1. The van der Waals surface area contributed by atoms with E-state index in [1.54, 1.807) is 11.8 Å². The van der Waals surface area contributed by atoms with Crippen molar-refractivity contribution in [2.24, 2.45) is 17.6 Å². The Kier molecular flexibility index (Phi) is 9.80. The Balaban J connectivity index is 1.44. The van der Waals surface area contributed by atoms with Gasteiger partial charge in [0.15, 0.2) is 0 Å². The largest absolute Gasteiger partial charge is 0.377 e. The third-order valence-electron chi connectivity index (χ3n) is 8.68. The number of piperidine rings is 1. The summed E-state index contributed by atoms with van der Waals surface area (Å²) in [5, 5.41) is 3.23. The molecule has 0 spiro atoms. The lowest BCUT2D eigenvalue weighted by Gasteiger charge is -2.43. The van der Waals surface area contributed by atoms with E-state index in [0.717, 1.165) is 58.3 Å². The minimum Gasteiger partial charge on any atom is -0.377 e. The molecule has 5 atom stereocenters. The molecular formula is C29H46N4O3. The SMILES string of the molecule is CC(=O)N1CCC(N(Cc2ccccc2C)CC2CCCO2)C[C@@H]1C(=O)NCC1CCCC(CN)C1. The third-order valence-corrected chi connectivity index (χ3v) is 8.68. The average Bonchev–Trinajstić information content (AvgIpc) is 3.41. The second kappa shape index (κ2) is 13.0. The number of rotatable bonds is 9. The van der Waals surface area contributed by atoms with E-state index in [4.69, 9.17) is 10.5 Å². The Labute approximate surface area is 217 Å². The zero-order chi connectivity index (χ0) is 25.5. The third kappa shape index (κ3) is 7.08. The lowest BCUT2D eigenvalue weighted by molar-refractivity contribution is -0.142. The summed E-state index contributed by atoms with van der Waals surface area (Å²) in [6.45, 7) is 8.33. The molecule has 3 aliphatic rings. The second-order valence-corrected chi connectivity index (χ2v) is 11.3. The average molecular weight is 499 g/mol. The molecule has 2 saturated heterocycles. The van der Waals surface area contributed by atoms with Gasteiger partial charge in [0.1, 0.15) is 6.04 Å². The monoisotopic (exact) mass is 498 g/mol. The molecule has 2 heterocycles. The van der Waals surface area contributed by atoms with Crippen molar-refractivity contribution < 1.29 is 14.3 Å². The van der Waals surface area contributed by atoms with Crippen LogP contribution in [0.15, 0.2) is 24.3 Å². The molecule has 2 amide bonds. The summed E-state index contributed by atoms with van der Waals surface area (Å²) in [7, 11) is 0. The van der Waals surface area contributed by atoms with Crippen molar-refractivity contribution in [1.82, 2.24) is 15.1 Å². The van der Waals surface area contributed by atoms with Gasteiger partial charge < -0.3 is 20.7 Å². The van der Waals surface area contributed by atoms with Gasteiger partial charge in [0.25, 0.3) is 0 Å². The number of likely N-dealkylation sites (tertiary alicyclic amines) is 1. The van der Waals surface area contributed by atoms with Gasteiger partial charge in [-0.2, -0.15) is 0 Å². The van der Waals surface area contributed by atoms with E-state index in [2.05, 4.69) is 41.4 Å². The minimum atomic E-state index is -0.418. The lowest BCUT2D eigenvalue weighted by Crippen LogP contribution is -2.57. The molecule has 3 fully saturated rings. The molecule has 1 aliphatic carbocycles. The molecule has 0 bridgehead atoms. The van der Waals surface area contributed by atoms with Gasteiger partial charge in [-0.15, -0.1) is 0 Å². The highest BCUT2D eigenvalue weighted by molar-refractivity contribution is 5.87. The fourth-order valence-electron chi connectivity index (χ4n) is 6.47. The van der Waals surface area contributed by atoms with E-state index in [9.17, 15) is 9.59 Å². The van der Waals surface area contributed by atoms with Crippen LogP contribution >= 0.6 is 0 Å². The van der Waals surface area contributed by atoms with E-state index < -0.39 is 6.04 Å². The molecule has 200 valence electrons. The van der Waals surface area contributed by atoms with E-state index in [1.807, 2.05) is 0 Å². The van der Waals surface area contributed by atoms with Crippen molar-refractivity contribution in [3.05, 3.63) is 35.4 Å². The Bertz CT molecular complexity index is 872. The number of hydrogen-bond acceptors (Lipinski definition) is 5. The van der Waals surface area contributed by atoms with Crippen molar-refractivity contribution in [3.8, 4) is 0 Å². The second-order valence-electron chi connectivity index (χ2n) is 11.3. The first-order valence-corrected chi connectivity index (χ1v) is 14.1. The fraction of sp³-hybridized carbons (Fsp3) is 0.724. The number of nitrogens with zero attached hydrogens (tertiary/aromatic N) is 2. The molecular weight excluding hydrogens is 452 g/mol. The number of nitrogens with one attached hydrogen (secondary N) is 1. The van der Waals surface area contributed by atoms with E-state index in [-0.39, 0.29) is 24.0 Å². The summed E-state index contributed by atoms with van der Waals surface area (Å²) in [4.78, 5) is 30.3. The van der Waals surface area contributed by atoms with Crippen molar-refractivity contribution in [3.63, 3.8) is 0 Å². The summed E-state index contributed by atoms with van der Waals surface area (Å²) in [6.07, 6.45) is 8.61. The summed E-state index contributed by atoms with van der Waals surface area (Å²) < 4.78 is 6.01. The van der Waals surface area contributed by atoms with Crippen LogP contribution in [0.1, 0.15) is 69.4 Å². The molecule has 2 aliphatic heterocycles. The number of hydrogen-bond donors (Lipinski definition) is 2. The van der Waals surface area contributed by atoms with Gasteiger partial charge in [-0.05, 0) is 81.4 Å². The van der Waals surface area contributed by atoms with Crippen LogP contribution in [0, 0.1) is 18.8 Å². The molecule has 7 nitrogen and oxygen atoms in total. The van der Waals surface area contributed by atoms with Crippen LogP contribution in [0.5, 0.6) is 0 Å². The maximum atomic E-state index is 13.5. The maximum Gasteiger partial charge on any atom is 0.242 e. The van der Waals surface area contributed by atoms with Crippen molar-refractivity contribution in [2.45, 2.75) is 89.9 Å². The number of benzene rings is 1. The van der Waals surface area contributed by atoms with Crippen molar-refractivity contribution >= 4 is 11.8 Å². The van der Waals surface area contributed by atoms with Crippen LogP contribution in [-0.2, 0) is 20.9 Å². The molecule has 4 unspecified atom stereocenters. The molecule has 0 aromatic heterocycles. The van der Waals surface area contributed by atoms with E-state index in [0.29, 0.717) is 31.3 Å². The molecule has 3 N–H and O–H groups in total. The van der Waals surface area contributed by atoms with Gasteiger partial charge in [-0.3, -0.25) is 14.5 Å². The van der Waals surface area contributed by atoms with Gasteiger partial charge in [0, 0.05) is 45.8 Å². The Morgan fingerprint density at radius 2 is 1.92 bits per heavy atom. The molecule has 4 rings (SSSR count). The molecule has 1 aromatic carbocycles. The van der Waals surface area contributed by atoms with Crippen LogP contribution in [0.25, 0.3) is 0 Å². The minimum absolute atomic E-state index is 0.00210. The highest BCUT2D eigenvalue weighted by Crippen LogP contribution is 2.29. The number of amides is 2. The van der Waals surface area contributed by atoms with Gasteiger partial charge >= 0.3 is 0 Å². The normalized spacial score (nSPS) is 28.9. The molecule has 0 radical (unpaired) electrons. The Morgan fingerprint density at radius 1 is 1.11 bits per heavy atom. The first kappa shape index (κ1) is 27.1. The number of aryl methyl sites for hydroxylation is 1. The highest BCUT2D eigenvalue weighted by Gasteiger charge is 2.38. The van der Waals surface area contributed by atoms with Gasteiger partial charge in [-0.1, -0.05) is 30.7 Å². The summed E-state index contributed by atoms with van der Waals surface area (Å²) in [5.41, 5.74) is 8.51. The fourth-order valence-corrected chi connectivity index (χ4v) is 6.47. The quantitative estimate of drug-likeness (QED) is 0.546. The predicted octanol–water partition coefficient (Wildman–Crippen LogP) is 3.24. The van der Waals surface area contributed by atoms with Crippen LogP contribution in [0.4, 0.5) is 0 Å². The molecule has 7 heteroatoms. The number of nitrogens with two attached hydrogens (primary N) is 1.